The fourth-order valence-electron chi connectivity index (χ4n) is 2.51. The molecule has 1 aliphatic heterocycles. The zero-order chi connectivity index (χ0) is 15.3. The Labute approximate surface area is 127 Å². The number of sulfonamides is 1. The zero-order valence-electron chi connectivity index (χ0n) is 12.7. The van der Waals surface area contributed by atoms with Gasteiger partial charge in [0, 0.05) is 25.3 Å². The lowest BCUT2D eigenvalue weighted by Gasteiger charge is -2.20. The molecule has 6 nitrogen and oxygen atoms in total. The first kappa shape index (κ1) is 16.2. The van der Waals surface area contributed by atoms with Gasteiger partial charge < -0.3 is 10.2 Å². The van der Waals surface area contributed by atoms with Gasteiger partial charge in [0.25, 0.3) is 10.0 Å². The minimum atomic E-state index is -3.58. The largest absolute Gasteiger partial charge is 0.383 e. The molecule has 1 unspecified atom stereocenters. The summed E-state index contributed by atoms with van der Waals surface area (Å²) in [4.78, 5) is 6.23. The molecule has 1 aliphatic rings. The highest BCUT2D eigenvalue weighted by atomic mass is 32.2. The lowest BCUT2D eigenvalue weighted by molar-refractivity contribution is 0.310. The van der Waals surface area contributed by atoms with Crippen molar-refractivity contribution in [3.8, 4) is 0 Å². The standard InChI is InChI=1S/C14H24N4O2S/c1-3-8-15-13-7-4-9-16-14(13)21(19,20)17-11-12-6-5-10-18(12)2/h4,7,9,12,15,17H,3,5-6,8,10-11H2,1-2H3. The lowest BCUT2D eigenvalue weighted by Crippen LogP contribution is -2.38. The van der Waals surface area contributed by atoms with E-state index < -0.39 is 10.0 Å². The Kier molecular flexibility index (Phi) is 5.55. The van der Waals surface area contributed by atoms with E-state index in [9.17, 15) is 8.42 Å². The number of anilines is 1. The molecule has 1 atom stereocenters. The molecule has 0 bridgehead atoms. The molecule has 2 rings (SSSR count). The molecule has 1 saturated heterocycles. The summed E-state index contributed by atoms with van der Waals surface area (Å²) in [5, 5.41) is 3.20. The number of aromatic nitrogens is 1. The number of hydrogen-bond donors (Lipinski definition) is 2. The third-order valence-corrected chi connectivity index (χ3v) is 5.15. The normalized spacial score (nSPS) is 19.8. The minimum absolute atomic E-state index is 0.0825. The molecule has 2 heterocycles. The van der Waals surface area contributed by atoms with Crippen LogP contribution in [0.15, 0.2) is 23.4 Å². The van der Waals surface area contributed by atoms with Gasteiger partial charge in [0.05, 0.1) is 5.69 Å². The number of pyridine rings is 1. The van der Waals surface area contributed by atoms with Crippen LogP contribution in [0.1, 0.15) is 26.2 Å². The van der Waals surface area contributed by atoms with Crippen molar-refractivity contribution >= 4 is 15.7 Å². The first-order valence-corrected chi connectivity index (χ1v) is 8.91. The second-order valence-corrected chi connectivity index (χ2v) is 7.09. The Balaban J connectivity index is 2.08. The molecule has 1 fully saturated rings. The number of hydrogen-bond acceptors (Lipinski definition) is 5. The van der Waals surface area contributed by atoms with Gasteiger partial charge in [-0.25, -0.2) is 18.1 Å². The summed E-state index contributed by atoms with van der Waals surface area (Å²) in [5.74, 6) is 0. The Bertz CT molecular complexity index is 562. The van der Waals surface area contributed by atoms with Crippen LogP contribution in [-0.2, 0) is 10.0 Å². The van der Waals surface area contributed by atoms with Gasteiger partial charge in [-0.1, -0.05) is 6.92 Å². The molecule has 2 N–H and O–H groups in total. The summed E-state index contributed by atoms with van der Waals surface area (Å²) < 4.78 is 27.6. The number of nitrogens with one attached hydrogen (secondary N) is 2. The molecular formula is C14H24N4O2S. The van der Waals surface area contributed by atoms with Crippen LogP contribution in [0.25, 0.3) is 0 Å². The van der Waals surface area contributed by atoms with Crippen LogP contribution in [0.4, 0.5) is 5.69 Å². The van der Waals surface area contributed by atoms with Crippen molar-refractivity contribution in [3.63, 3.8) is 0 Å². The van der Waals surface area contributed by atoms with Crippen LogP contribution in [0, 0.1) is 0 Å². The second-order valence-electron chi connectivity index (χ2n) is 5.41. The van der Waals surface area contributed by atoms with Crippen LogP contribution in [0.2, 0.25) is 0 Å². The maximum absolute atomic E-state index is 12.4. The third-order valence-electron chi connectivity index (χ3n) is 3.77. The van der Waals surface area contributed by atoms with Crippen LogP contribution in [-0.4, -0.2) is 51.0 Å². The smallest absolute Gasteiger partial charge is 0.260 e. The van der Waals surface area contributed by atoms with E-state index in [2.05, 4.69) is 19.9 Å². The van der Waals surface area contributed by atoms with Gasteiger partial charge in [0.1, 0.15) is 0 Å². The second kappa shape index (κ2) is 7.20. The molecule has 0 spiro atoms. The van der Waals surface area contributed by atoms with Crippen LogP contribution >= 0.6 is 0 Å². The number of nitrogens with zero attached hydrogens (tertiary/aromatic N) is 2. The third kappa shape index (κ3) is 4.15. The zero-order valence-corrected chi connectivity index (χ0v) is 13.5. The van der Waals surface area contributed by atoms with Crippen molar-refractivity contribution in [2.45, 2.75) is 37.3 Å². The van der Waals surface area contributed by atoms with Crippen LogP contribution < -0.4 is 10.0 Å². The maximum Gasteiger partial charge on any atom is 0.260 e. The van der Waals surface area contributed by atoms with Gasteiger partial charge in [-0.2, -0.15) is 0 Å². The van der Waals surface area contributed by atoms with Crippen molar-refractivity contribution in [3.05, 3.63) is 18.3 Å². The van der Waals surface area contributed by atoms with E-state index in [1.807, 2.05) is 14.0 Å². The number of rotatable bonds is 7. The summed E-state index contributed by atoms with van der Waals surface area (Å²) in [6, 6.07) is 3.76. The summed E-state index contributed by atoms with van der Waals surface area (Å²) in [6.45, 7) is 4.22. The summed E-state index contributed by atoms with van der Waals surface area (Å²) in [7, 11) is -1.55. The van der Waals surface area contributed by atoms with E-state index in [4.69, 9.17) is 0 Å². The first-order valence-electron chi connectivity index (χ1n) is 7.43. The molecule has 1 aromatic heterocycles. The van der Waals surface area contributed by atoms with E-state index in [0.29, 0.717) is 12.2 Å². The highest BCUT2D eigenvalue weighted by Crippen LogP contribution is 2.19. The maximum atomic E-state index is 12.4. The van der Waals surface area contributed by atoms with Crippen LogP contribution in [0.3, 0.4) is 0 Å². The van der Waals surface area contributed by atoms with Crippen molar-refractivity contribution in [1.29, 1.82) is 0 Å². The molecular weight excluding hydrogens is 288 g/mol. The monoisotopic (exact) mass is 312 g/mol. The summed E-state index contributed by atoms with van der Waals surface area (Å²) in [5.41, 5.74) is 0.562. The molecule has 1 aromatic rings. The molecule has 0 aliphatic carbocycles. The highest BCUT2D eigenvalue weighted by Gasteiger charge is 2.25. The predicted molar refractivity (Wildman–Crippen MR) is 83.9 cm³/mol. The van der Waals surface area contributed by atoms with E-state index in [1.54, 1.807) is 12.1 Å². The van der Waals surface area contributed by atoms with Crippen LogP contribution in [0.5, 0.6) is 0 Å². The lowest BCUT2D eigenvalue weighted by atomic mass is 10.2. The van der Waals surface area contributed by atoms with Gasteiger partial charge in [-0.3, -0.25) is 0 Å². The van der Waals surface area contributed by atoms with E-state index in [1.165, 1.54) is 6.20 Å². The average Bonchev–Trinajstić information content (AvgIpc) is 2.89. The first-order chi connectivity index (χ1) is 10.0. The Morgan fingerprint density at radius 1 is 1.48 bits per heavy atom. The average molecular weight is 312 g/mol. The van der Waals surface area contributed by atoms with E-state index in [-0.39, 0.29) is 11.1 Å². The van der Waals surface area contributed by atoms with Crippen molar-refractivity contribution in [2.24, 2.45) is 0 Å². The van der Waals surface area contributed by atoms with Gasteiger partial charge >= 0.3 is 0 Å². The molecule has 0 saturated carbocycles. The number of likely N-dealkylation sites (N-methyl/N-ethyl adjacent to an activating group) is 1. The quantitative estimate of drug-likeness (QED) is 0.793. The van der Waals surface area contributed by atoms with Gasteiger partial charge in [0.2, 0.25) is 0 Å². The molecule has 7 heteroatoms. The molecule has 118 valence electrons. The molecule has 0 amide bonds. The van der Waals surface area contributed by atoms with Crippen molar-refractivity contribution in [1.82, 2.24) is 14.6 Å². The minimum Gasteiger partial charge on any atom is -0.383 e. The molecule has 0 radical (unpaired) electrons. The van der Waals surface area contributed by atoms with E-state index >= 15 is 0 Å². The molecule has 0 aromatic carbocycles. The van der Waals surface area contributed by atoms with Gasteiger partial charge in [-0.15, -0.1) is 0 Å². The topological polar surface area (TPSA) is 74.3 Å². The Hall–Kier alpha value is -1.18. The Morgan fingerprint density at radius 2 is 2.29 bits per heavy atom. The summed E-state index contributed by atoms with van der Waals surface area (Å²) >= 11 is 0. The molecule has 21 heavy (non-hydrogen) atoms. The highest BCUT2D eigenvalue weighted by molar-refractivity contribution is 7.89. The fourth-order valence-corrected chi connectivity index (χ4v) is 3.69. The van der Waals surface area contributed by atoms with Gasteiger partial charge in [0.15, 0.2) is 5.03 Å². The van der Waals surface area contributed by atoms with E-state index in [0.717, 1.165) is 32.4 Å². The van der Waals surface area contributed by atoms with Gasteiger partial charge in [-0.05, 0) is 45.0 Å². The number of likely N-dealkylation sites (tertiary alicyclic amines) is 1. The SMILES string of the molecule is CCCNc1cccnc1S(=O)(=O)NCC1CCCN1C. The summed E-state index contributed by atoms with van der Waals surface area (Å²) in [6.07, 6.45) is 4.58. The fraction of sp³-hybridized carbons (Fsp3) is 0.643. The Morgan fingerprint density at radius 3 is 2.95 bits per heavy atom. The van der Waals surface area contributed by atoms with Crippen molar-refractivity contribution < 1.29 is 8.42 Å². The predicted octanol–water partition coefficient (Wildman–Crippen LogP) is 1.28. The van der Waals surface area contributed by atoms with Crippen molar-refractivity contribution in [2.75, 3.05) is 32.0 Å².